The standard InChI is InChI=1S/C12H12ClN3/c13-12-10-7-9(3-1-2-6-14)4-5-11(10)15-8-16-12/h1,3-5,7-8H,2,6,14H2. The lowest BCUT2D eigenvalue weighted by molar-refractivity contribution is 1.01. The lowest BCUT2D eigenvalue weighted by Gasteiger charge is -2.00. The summed E-state index contributed by atoms with van der Waals surface area (Å²) < 4.78 is 0. The van der Waals surface area contributed by atoms with Crippen LogP contribution in [0.2, 0.25) is 5.15 Å². The molecule has 0 amide bonds. The van der Waals surface area contributed by atoms with Crippen LogP contribution >= 0.6 is 11.6 Å². The summed E-state index contributed by atoms with van der Waals surface area (Å²) in [6.45, 7) is 0.661. The van der Waals surface area contributed by atoms with Crippen LogP contribution in [0.25, 0.3) is 17.0 Å². The van der Waals surface area contributed by atoms with E-state index < -0.39 is 0 Å². The summed E-state index contributed by atoms with van der Waals surface area (Å²) in [5.41, 5.74) is 7.35. The SMILES string of the molecule is NCCC=Cc1ccc2ncnc(Cl)c2c1. The molecule has 1 aromatic carbocycles. The van der Waals surface area contributed by atoms with Gasteiger partial charge in [-0.15, -0.1) is 0 Å². The first-order valence-electron chi connectivity index (χ1n) is 5.08. The van der Waals surface area contributed by atoms with Crippen molar-refractivity contribution in [3.63, 3.8) is 0 Å². The van der Waals surface area contributed by atoms with Crippen molar-refractivity contribution in [3.8, 4) is 0 Å². The minimum absolute atomic E-state index is 0.485. The molecule has 0 aliphatic heterocycles. The van der Waals surface area contributed by atoms with Crippen LogP contribution in [0.5, 0.6) is 0 Å². The van der Waals surface area contributed by atoms with Gasteiger partial charge in [-0.1, -0.05) is 29.8 Å². The third-order valence-corrected chi connectivity index (χ3v) is 2.56. The first-order valence-corrected chi connectivity index (χ1v) is 5.46. The Bertz CT molecular complexity index is 523. The van der Waals surface area contributed by atoms with E-state index in [0.29, 0.717) is 11.7 Å². The van der Waals surface area contributed by atoms with Gasteiger partial charge in [0.25, 0.3) is 0 Å². The average Bonchev–Trinajstić information content (AvgIpc) is 2.30. The summed E-state index contributed by atoms with van der Waals surface area (Å²) in [6, 6.07) is 5.91. The molecule has 0 aliphatic rings. The normalized spacial score (nSPS) is 11.4. The van der Waals surface area contributed by atoms with Gasteiger partial charge in [0, 0.05) is 5.39 Å². The van der Waals surface area contributed by atoms with E-state index in [0.717, 1.165) is 22.9 Å². The first kappa shape index (κ1) is 11.0. The van der Waals surface area contributed by atoms with Gasteiger partial charge in [0.2, 0.25) is 0 Å². The maximum absolute atomic E-state index is 6.00. The van der Waals surface area contributed by atoms with Crippen molar-refractivity contribution in [1.82, 2.24) is 9.97 Å². The Morgan fingerprint density at radius 1 is 1.31 bits per heavy atom. The molecule has 1 aromatic heterocycles. The second-order valence-electron chi connectivity index (χ2n) is 3.42. The molecule has 2 N–H and O–H groups in total. The summed E-state index contributed by atoms with van der Waals surface area (Å²) in [5.74, 6) is 0. The van der Waals surface area contributed by atoms with E-state index in [9.17, 15) is 0 Å². The molecule has 0 aliphatic carbocycles. The maximum atomic E-state index is 6.00. The molecule has 0 radical (unpaired) electrons. The number of hydrogen-bond acceptors (Lipinski definition) is 3. The molecule has 3 nitrogen and oxygen atoms in total. The van der Waals surface area contributed by atoms with Gasteiger partial charge in [-0.3, -0.25) is 0 Å². The highest BCUT2D eigenvalue weighted by Crippen LogP contribution is 2.20. The van der Waals surface area contributed by atoms with Crippen molar-refractivity contribution in [2.75, 3.05) is 6.54 Å². The maximum Gasteiger partial charge on any atom is 0.140 e. The summed E-state index contributed by atoms with van der Waals surface area (Å²) >= 11 is 6.00. The third kappa shape index (κ3) is 2.38. The van der Waals surface area contributed by atoms with Gasteiger partial charge in [-0.25, -0.2) is 9.97 Å². The largest absolute Gasteiger partial charge is 0.330 e. The van der Waals surface area contributed by atoms with E-state index >= 15 is 0 Å². The summed E-state index contributed by atoms with van der Waals surface area (Å²) in [4.78, 5) is 8.10. The minimum Gasteiger partial charge on any atom is -0.330 e. The Morgan fingerprint density at radius 3 is 3.00 bits per heavy atom. The fourth-order valence-corrected chi connectivity index (χ4v) is 1.66. The molecule has 0 bridgehead atoms. The highest BCUT2D eigenvalue weighted by atomic mass is 35.5. The lowest BCUT2D eigenvalue weighted by atomic mass is 10.1. The number of nitrogens with zero attached hydrogens (tertiary/aromatic N) is 2. The Labute approximate surface area is 99.0 Å². The van der Waals surface area contributed by atoms with Crippen LogP contribution in [0.15, 0.2) is 30.6 Å². The Balaban J connectivity index is 2.39. The van der Waals surface area contributed by atoms with E-state index in [2.05, 4.69) is 9.97 Å². The summed E-state index contributed by atoms with van der Waals surface area (Å²) in [5, 5.41) is 1.36. The van der Waals surface area contributed by atoms with Crippen LogP contribution in [0.4, 0.5) is 0 Å². The fraction of sp³-hybridized carbons (Fsp3) is 0.167. The Kier molecular flexibility index (Phi) is 3.49. The minimum atomic E-state index is 0.485. The number of nitrogens with two attached hydrogens (primary N) is 1. The summed E-state index contributed by atoms with van der Waals surface area (Å²) in [7, 11) is 0. The highest BCUT2D eigenvalue weighted by molar-refractivity contribution is 6.34. The molecule has 0 unspecified atom stereocenters. The van der Waals surface area contributed by atoms with Crippen LogP contribution in [-0.2, 0) is 0 Å². The molecule has 2 aromatic rings. The van der Waals surface area contributed by atoms with Gasteiger partial charge >= 0.3 is 0 Å². The molecule has 4 heteroatoms. The zero-order chi connectivity index (χ0) is 11.4. The lowest BCUT2D eigenvalue weighted by Crippen LogP contribution is -1.94. The molecule has 1 heterocycles. The Hall–Kier alpha value is -1.45. The zero-order valence-corrected chi connectivity index (χ0v) is 9.48. The number of benzene rings is 1. The predicted molar refractivity (Wildman–Crippen MR) is 67.3 cm³/mol. The predicted octanol–water partition coefficient (Wildman–Crippen LogP) is 2.65. The molecule has 0 fully saturated rings. The topological polar surface area (TPSA) is 51.8 Å². The van der Waals surface area contributed by atoms with Crippen molar-refractivity contribution in [2.24, 2.45) is 5.73 Å². The zero-order valence-electron chi connectivity index (χ0n) is 8.73. The second kappa shape index (κ2) is 5.05. The fourth-order valence-electron chi connectivity index (χ4n) is 1.46. The number of halogens is 1. The number of hydrogen-bond donors (Lipinski definition) is 1. The van der Waals surface area contributed by atoms with Crippen LogP contribution in [0.3, 0.4) is 0 Å². The van der Waals surface area contributed by atoms with E-state index in [1.807, 2.05) is 30.4 Å². The van der Waals surface area contributed by atoms with Gasteiger partial charge in [0.1, 0.15) is 11.5 Å². The number of aromatic nitrogens is 2. The van der Waals surface area contributed by atoms with E-state index in [1.165, 1.54) is 6.33 Å². The van der Waals surface area contributed by atoms with E-state index in [4.69, 9.17) is 17.3 Å². The van der Waals surface area contributed by atoms with Crippen molar-refractivity contribution in [1.29, 1.82) is 0 Å². The summed E-state index contributed by atoms with van der Waals surface area (Å²) in [6.07, 6.45) is 6.40. The van der Waals surface area contributed by atoms with Crippen LogP contribution in [-0.4, -0.2) is 16.5 Å². The quantitative estimate of drug-likeness (QED) is 0.830. The van der Waals surface area contributed by atoms with Crippen molar-refractivity contribution < 1.29 is 0 Å². The van der Waals surface area contributed by atoms with Crippen molar-refractivity contribution in [3.05, 3.63) is 41.3 Å². The second-order valence-corrected chi connectivity index (χ2v) is 3.78. The highest BCUT2D eigenvalue weighted by Gasteiger charge is 2.00. The van der Waals surface area contributed by atoms with Gasteiger partial charge < -0.3 is 5.73 Å². The molecule has 0 atom stereocenters. The smallest absolute Gasteiger partial charge is 0.140 e. The number of rotatable bonds is 3. The van der Waals surface area contributed by atoms with Crippen LogP contribution in [0.1, 0.15) is 12.0 Å². The van der Waals surface area contributed by atoms with Gasteiger partial charge in [0.05, 0.1) is 5.52 Å². The first-order chi connectivity index (χ1) is 7.81. The van der Waals surface area contributed by atoms with Crippen LogP contribution in [0, 0.1) is 0 Å². The van der Waals surface area contributed by atoms with Crippen molar-refractivity contribution >= 4 is 28.6 Å². The Morgan fingerprint density at radius 2 is 2.19 bits per heavy atom. The molecule has 82 valence electrons. The van der Waals surface area contributed by atoms with Crippen molar-refractivity contribution in [2.45, 2.75) is 6.42 Å². The molecule has 0 saturated carbocycles. The van der Waals surface area contributed by atoms with Gasteiger partial charge in [-0.05, 0) is 30.7 Å². The molecule has 2 rings (SSSR count). The molecule has 0 spiro atoms. The molecule has 0 saturated heterocycles. The van der Waals surface area contributed by atoms with Gasteiger partial charge in [0.15, 0.2) is 0 Å². The third-order valence-electron chi connectivity index (χ3n) is 2.25. The van der Waals surface area contributed by atoms with Crippen LogP contribution < -0.4 is 5.73 Å². The molecular formula is C12H12ClN3. The van der Waals surface area contributed by atoms with E-state index in [1.54, 1.807) is 0 Å². The molecular weight excluding hydrogens is 222 g/mol. The monoisotopic (exact) mass is 233 g/mol. The number of fused-ring (bicyclic) bond motifs is 1. The average molecular weight is 234 g/mol. The molecule has 16 heavy (non-hydrogen) atoms. The van der Waals surface area contributed by atoms with E-state index in [-0.39, 0.29) is 0 Å². The van der Waals surface area contributed by atoms with Gasteiger partial charge in [-0.2, -0.15) is 0 Å².